The number of piperazine rings is 1. The van der Waals surface area contributed by atoms with Crippen molar-refractivity contribution in [1.29, 1.82) is 5.26 Å². The molecule has 0 atom stereocenters. The topological polar surface area (TPSA) is 162 Å². The van der Waals surface area contributed by atoms with Crippen LogP contribution in [0.5, 0.6) is 11.5 Å². The minimum absolute atomic E-state index is 0.0206. The molecule has 0 radical (unpaired) electrons. The summed E-state index contributed by atoms with van der Waals surface area (Å²) < 4.78 is 14.1. The minimum atomic E-state index is -0.472. The number of amides is 5. The number of pyridine rings is 1. The van der Waals surface area contributed by atoms with E-state index in [0.717, 1.165) is 69.1 Å². The third-order valence-corrected chi connectivity index (χ3v) is 11.4. The molecule has 58 heavy (non-hydrogen) atoms. The number of rotatable bonds is 13. The number of urea groups is 1. The number of halogens is 1. The van der Waals surface area contributed by atoms with E-state index in [1.54, 1.807) is 47.5 Å². The Morgan fingerprint density at radius 2 is 1.76 bits per heavy atom. The number of carbonyl (C=O) groups excluding carboxylic acids is 4. The first kappa shape index (κ1) is 40.5. The highest BCUT2D eigenvalue weighted by Crippen LogP contribution is 2.33. The molecule has 0 unspecified atom stereocenters. The Labute approximate surface area is 343 Å². The number of anilines is 1. The molecule has 0 bridgehead atoms. The highest BCUT2D eigenvalue weighted by Gasteiger charge is 2.29. The van der Waals surface area contributed by atoms with Crippen LogP contribution in [0.15, 0.2) is 60.9 Å². The Morgan fingerprint density at radius 3 is 2.45 bits per heavy atom. The molecule has 5 amide bonds. The number of hydrogen-bond acceptors (Lipinski definition) is 9. The molecule has 4 aromatic rings. The van der Waals surface area contributed by atoms with E-state index in [4.69, 9.17) is 26.3 Å². The lowest BCUT2D eigenvalue weighted by atomic mass is 9.92. The summed E-state index contributed by atoms with van der Waals surface area (Å²) in [6.45, 7) is 8.55. The summed E-state index contributed by atoms with van der Waals surface area (Å²) in [7, 11) is 0. The van der Waals surface area contributed by atoms with Crippen LogP contribution in [-0.2, 0) is 4.79 Å². The molecule has 304 valence electrons. The number of ether oxygens (including phenoxy) is 2. The van der Waals surface area contributed by atoms with Gasteiger partial charge in [0.1, 0.15) is 23.3 Å². The molecule has 2 aromatic heterocycles. The van der Waals surface area contributed by atoms with E-state index in [0.29, 0.717) is 58.7 Å². The third kappa shape index (κ3) is 9.54. The number of nitrogens with one attached hydrogen (secondary N) is 2. The maximum absolute atomic E-state index is 13.9. The predicted molar refractivity (Wildman–Crippen MR) is 219 cm³/mol. The van der Waals surface area contributed by atoms with Gasteiger partial charge in [-0.05, 0) is 101 Å². The van der Waals surface area contributed by atoms with E-state index >= 15 is 0 Å². The molecule has 2 saturated heterocycles. The molecular weight excluding hydrogens is 760 g/mol. The van der Waals surface area contributed by atoms with Crippen molar-refractivity contribution in [3.8, 4) is 17.6 Å². The van der Waals surface area contributed by atoms with Crippen LogP contribution in [0.1, 0.15) is 91.2 Å². The molecule has 1 aliphatic carbocycles. The SMILES string of the molecule is CC(C)n1ccc2c(N3CCC(=O)NC3=O)cc(C(=O)N3CCN(CCCCOc4ccc(C(=O)NC5CCC(Oc6ccc(C#N)c(Cl)c6)CC5)nc4)CC3)cc21. The lowest BCUT2D eigenvalue weighted by Crippen LogP contribution is -2.50. The Balaban J connectivity index is 0.814. The van der Waals surface area contributed by atoms with Crippen LogP contribution in [-0.4, -0.2) is 101 Å². The number of hydrogen-bond donors (Lipinski definition) is 2. The molecule has 2 aliphatic heterocycles. The molecular formula is C43H49ClN8O6. The summed E-state index contributed by atoms with van der Waals surface area (Å²) in [4.78, 5) is 61.5. The minimum Gasteiger partial charge on any atom is -0.492 e. The van der Waals surface area contributed by atoms with Gasteiger partial charge in [0.15, 0.2) is 0 Å². The normalized spacial score (nSPS) is 18.9. The molecule has 3 fully saturated rings. The van der Waals surface area contributed by atoms with Crippen molar-refractivity contribution < 1.29 is 28.7 Å². The highest BCUT2D eigenvalue weighted by molar-refractivity contribution is 6.31. The lowest BCUT2D eigenvalue weighted by Gasteiger charge is -2.35. The monoisotopic (exact) mass is 808 g/mol. The average Bonchev–Trinajstić information content (AvgIpc) is 3.66. The highest BCUT2D eigenvalue weighted by atomic mass is 35.5. The second kappa shape index (κ2) is 18.3. The van der Waals surface area contributed by atoms with Gasteiger partial charge < -0.3 is 24.3 Å². The molecule has 2 aromatic carbocycles. The molecule has 2 N–H and O–H groups in total. The van der Waals surface area contributed by atoms with Crippen LogP contribution in [0, 0.1) is 11.3 Å². The van der Waals surface area contributed by atoms with E-state index < -0.39 is 6.03 Å². The third-order valence-electron chi connectivity index (χ3n) is 11.1. The number of nitriles is 1. The van der Waals surface area contributed by atoms with E-state index in [9.17, 15) is 19.2 Å². The van der Waals surface area contributed by atoms with Crippen molar-refractivity contribution in [2.45, 2.75) is 77.0 Å². The molecule has 15 heteroatoms. The van der Waals surface area contributed by atoms with Gasteiger partial charge in [0.25, 0.3) is 11.8 Å². The van der Waals surface area contributed by atoms with Gasteiger partial charge in [-0.3, -0.25) is 29.5 Å². The fourth-order valence-electron chi connectivity index (χ4n) is 7.85. The van der Waals surface area contributed by atoms with E-state index in [1.165, 1.54) is 0 Å². The van der Waals surface area contributed by atoms with Crippen LogP contribution >= 0.6 is 11.6 Å². The maximum Gasteiger partial charge on any atom is 0.328 e. The van der Waals surface area contributed by atoms with Crippen molar-refractivity contribution in [1.82, 2.24) is 30.0 Å². The first-order valence-electron chi connectivity index (χ1n) is 20.1. The predicted octanol–water partition coefficient (Wildman–Crippen LogP) is 6.33. The van der Waals surface area contributed by atoms with Crippen LogP contribution in [0.3, 0.4) is 0 Å². The quantitative estimate of drug-likeness (QED) is 0.147. The Kier molecular flexibility index (Phi) is 12.8. The van der Waals surface area contributed by atoms with E-state index in [1.807, 2.05) is 29.3 Å². The fourth-order valence-corrected chi connectivity index (χ4v) is 8.07. The van der Waals surface area contributed by atoms with Crippen molar-refractivity contribution >= 4 is 51.9 Å². The molecule has 14 nitrogen and oxygen atoms in total. The van der Waals surface area contributed by atoms with Gasteiger partial charge in [-0.25, -0.2) is 9.78 Å². The van der Waals surface area contributed by atoms with Gasteiger partial charge in [0.05, 0.1) is 40.7 Å². The molecule has 7 rings (SSSR count). The summed E-state index contributed by atoms with van der Waals surface area (Å²) in [5, 5.41) is 15.8. The summed E-state index contributed by atoms with van der Waals surface area (Å²) in [5.74, 6) is 0.668. The Hall–Kier alpha value is -5.65. The van der Waals surface area contributed by atoms with Crippen LogP contribution in [0.2, 0.25) is 5.02 Å². The van der Waals surface area contributed by atoms with Gasteiger partial charge in [0.2, 0.25) is 5.91 Å². The largest absolute Gasteiger partial charge is 0.492 e. The van der Waals surface area contributed by atoms with Gasteiger partial charge >= 0.3 is 6.03 Å². The second-order valence-electron chi connectivity index (χ2n) is 15.4. The van der Waals surface area contributed by atoms with Crippen LogP contribution < -0.4 is 25.0 Å². The number of fused-ring (bicyclic) bond motifs is 1. The number of nitrogens with zero attached hydrogens (tertiary/aromatic N) is 6. The number of carbonyl (C=O) groups is 4. The summed E-state index contributed by atoms with van der Waals surface area (Å²) in [5.41, 5.74) is 2.79. The molecule has 4 heterocycles. The number of aromatic nitrogens is 2. The maximum atomic E-state index is 13.9. The first-order valence-corrected chi connectivity index (χ1v) is 20.5. The molecule has 0 spiro atoms. The van der Waals surface area contributed by atoms with Crippen molar-refractivity contribution in [3.05, 3.63) is 82.8 Å². The number of unbranched alkanes of at least 4 members (excludes halogenated alkanes) is 1. The zero-order valence-corrected chi connectivity index (χ0v) is 33.7. The number of imide groups is 1. The molecule has 1 saturated carbocycles. The fraction of sp³-hybridized carbons (Fsp3) is 0.442. The summed E-state index contributed by atoms with van der Waals surface area (Å²) >= 11 is 6.14. The first-order chi connectivity index (χ1) is 28.1. The summed E-state index contributed by atoms with van der Waals surface area (Å²) in [6.07, 6.45) is 8.72. The van der Waals surface area contributed by atoms with Crippen molar-refractivity contribution in [2.75, 3.05) is 50.8 Å². The second-order valence-corrected chi connectivity index (χ2v) is 15.8. The molecule has 3 aliphatic rings. The van der Waals surface area contributed by atoms with Crippen molar-refractivity contribution in [3.63, 3.8) is 0 Å². The van der Waals surface area contributed by atoms with Crippen LogP contribution in [0.25, 0.3) is 10.9 Å². The Morgan fingerprint density at radius 1 is 0.983 bits per heavy atom. The zero-order valence-electron chi connectivity index (χ0n) is 32.9. The van der Waals surface area contributed by atoms with Gasteiger partial charge in [-0.15, -0.1) is 0 Å². The zero-order chi connectivity index (χ0) is 40.8. The van der Waals surface area contributed by atoms with E-state index in [-0.39, 0.29) is 48.9 Å². The van der Waals surface area contributed by atoms with Crippen LogP contribution in [0.4, 0.5) is 10.5 Å². The summed E-state index contributed by atoms with van der Waals surface area (Å²) in [6, 6.07) is 16.0. The van der Waals surface area contributed by atoms with Crippen molar-refractivity contribution in [2.24, 2.45) is 0 Å². The van der Waals surface area contributed by atoms with Gasteiger partial charge in [0, 0.05) is 74.4 Å². The standard InChI is InChI=1S/C43H49ClN8O6/c1-28(2)51-16-13-35-38(51)23-30(24-39(35)52-17-14-40(53)48-43(52)56)42(55)50-20-18-49(19-21-50)15-3-4-22-57-34-11-12-37(46-27-34)41(54)47-31-6-9-32(10-7-31)58-33-8-5-29(26-45)36(44)25-33/h5,8,11-13,16,23-25,27-28,31-32H,3-4,6-7,9-10,14-15,17-22H2,1-2H3,(H,47,54)(H,48,53,56). The van der Waals surface area contributed by atoms with Gasteiger partial charge in [-0.2, -0.15) is 5.26 Å². The smallest absolute Gasteiger partial charge is 0.328 e. The number of benzene rings is 2. The lowest BCUT2D eigenvalue weighted by molar-refractivity contribution is -0.120. The van der Waals surface area contributed by atoms with E-state index in [2.05, 4.69) is 38.9 Å². The average molecular weight is 809 g/mol. The van der Waals surface area contributed by atoms with Gasteiger partial charge in [-0.1, -0.05) is 11.6 Å². The Bertz CT molecular complexity index is 2180.